The molecule has 2 aromatic rings. The monoisotopic (exact) mass is 279 g/mol. The van der Waals surface area contributed by atoms with Crippen molar-refractivity contribution in [3.05, 3.63) is 34.7 Å². The third-order valence-electron chi connectivity index (χ3n) is 2.57. The number of halogens is 1. The van der Waals surface area contributed by atoms with Crippen LogP contribution in [0.2, 0.25) is 0 Å². The number of hydrogen-bond donors (Lipinski definition) is 1. The van der Waals surface area contributed by atoms with Gasteiger partial charge in [0.1, 0.15) is 5.82 Å². The van der Waals surface area contributed by atoms with Crippen molar-refractivity contribution in [3.8, 4) is 0 Å². The molecule has 0 aliphatic heterocycles. The highest BCUT2D eigenvalue weighted by molar-refractivity contribution is 9.10. The van der Waals surface area contributed by atoms with Crippen molar-refractivity contribution in [2.75, 3.05) is 7.05 Å². The summed E-state index contributed by atoms with van der Waals surface area (Å²) < 4.78 is 1.06. The van der Waals surface area contributed by atoms with Gasteiger partial charge in [-0.25, -0.2) is 9.97 Å². The van der Waals surface area contributed by atoms with E-state index in [0.29, 0.717) is 6.04 Å². The summed E-state index contributed by atoms with van der Waals surface area (Å²) in [5, 5.41) is 4.25. The lowest BCUT2D eigenvalue weighted by Gasteiger charge is -2.08. The van der Waals surface area contributed by atoms with Gasteiger partial charge in [-0.05, 0) is 32.2 Å². The molecule has 2 rings (SSSR count). The summed E-state index contributed by atoms with van der Waals surface area (Å²) >= 11 is 3.44. The van der Waals surface area contributed by atoms with Crippen molar-refractivity contribution in [1.29, 1.82) is 0 Å². The molecule has 1 atom stereocenters. The van der Waals surface area contributed by atoms with Gasteiger partial charge in [-0.3, -0.25) is 0 Å². The number of aromatic nitrogens is 2. The minimum Gasteiger partial charge on any atom is -0.317 e. The minimum atomic E-state index is 0.396. The molecule has 1 N–H and O–H groups in total. The van der Waals surface area contributed by atoms with E-state index in [1.807, 2.05) is 31.4 Å². The van der Waals surface area contributed by atoms with Gasteiger partial charge in [-0.1, -0.05) is 15.9 Å². The lowest BCUT2D eigenvalue weighted by molar-refractivity contribution is 0.592. The molecular formula is C12H14BrN3. The Morgan fingerprint density at radius 1 is 1.44 bits per heavy atom. The van der Waals surface area contributed by atoms with Crippen LogP contribution in [-0.2, 0) is 6.42 Å². The zero-order valence-electron chi connectivity index (χ0n) is 9.37. The standard InChI is InChI=1S/C12H14BrN3/c1-8(14-2)5-12-15-7-9-6-10(13)3-4-11(9)16-12/h3-4,6-8,14H,5H2,1-2H3. The van der Waals surface area contributed by atoms with Crippen molar-refractivity contribution < 1.29 is 0 Å². The molecule has 0 bridgehead atoms. The molecule has 0 aliphatic rings. The fraction of sp³-hybridized carbons (Fsp3) is 0.333. The molecule has 0 saturated carbocycles. The predicted molar refractivity (Wildman–Crippen MR) is 69.5 cm³/mol. The maximum absolute atomic E-state index is 4.53. The lowest BCUT2D eigenvalue weighted by atomic mass is 10.2. The molecule has 0 spiro atoms. The second kappa shape index (κ2) is 4.89. The van der Waals surface area contributed by atoms with Gasteiger partial charge in [0.2, 0.25) is 0 Å². The van der Waals surface area contributed by atoms with Crippen LogP contribution < -0.4 is 5.32 Å². The van der Waals surface area contributed by atoms with Crippen LogP contribution >= 0.6 is 15.9 Å². The molecule has 1 unspecified atom stereocenters. The molecule has 1 aromatic carbocycles. The summed E-state index contributed by atoms with van der Waals surface area (Å²) in [5.74, 6) is 0.886. The zero-order chi connectivity index (χ0) is 11.5. The first-order valence-corrected chi connectivity index (χ1v) is 6.07. The summed E-state index contributed by atoms with van der Waals surface area (Å²) in [6.45, 7) is 2.12. The van der Waals surface area contributed by atoms with Gasteiger partial charge in [0.25, 0.3) is 0 Å². The van der Waals surface area contributed by atoms with E-state index in [4.69, 9.17) is 0 Å². The fourth-order valence-electron chi connectivity index (χ4n) is 1.52. The summed E-state index contributed by atoms with van der Waals surface area (Å²) in [5.41, 5.74) is 0.997. The van der Waals surface area contributed by atoms with Gasteiger partial charge in [0.05, 0.1) is 5.52 Å². The molecule has 84 valence electrons. The first-order valence-electron chi connectivity index (χ1n) is 5.27. The summed E-state index contributed by atoms with van der Waals surface area (Å²) in [6.07, 6.45) is 2.73. The topological polar surface area (TPSA) is 37.8 Å². The van der Waals surface area contributed by atoms with Crippen LogP contribution in [0, 0.1) is 0 Å². The second-order valence-electron chi connectivity index (χ2n) is 3.88. The van der Waals surface area contributed by atoms with E-state index in [1.165, 1.54) is 0 Å². The Kier molecular flexibility index (Phi) is 3.51. The zero-order valence-corrected chi connectivity index (χ0v) is 11.0. The smallest absolute Gasteiger partial charge is 0.130 e. The number of benzene rings is 1. The summed E-state index contributed by atoms with van der Waals surface area (Å²) in [4.78, 5) is 8.90. The summed E-state index contributed by atoms with van der Waals surface area (Å²) in [6, 6.07) is 6.43. The third kappa shape index (κ3) is 2.57. The Labute approximate surface area is 103 Å². The molecular weight excluding hydrogens is 266 g/mol. The molecule has 0 fully saturated rings. The quantitative estimate of drug-likeness (QED) is 0.939. The van der Waals surface area contributed by atoms with Crippen molar-refractivity contribution in [2.45, 2.75) is 19.4 Å². The van der Waals surface area contributed by atoms with Gasteiger partial charge in [-0.15, -0.1) is 0 Å². The lowest BCUT2D eigenvalue weighted by Crippen LogP contribution is -2.24. The number of rotatable bonds is 3. The molecule has 4 heteroatoms. The van der Waals surface area contributed by atoms with E-state index >= 15 is 0 Å². The van der Waals surface area contributed by atoms with Gasteiger partial charge < -0.3 is 5.32 Å². The second-order valence-corrected chi connectivity index (χ2v) is 4.80. The molecule has 1 aromatic heterocycles. The third-order valence-corrected chi connectivity index (χ3v) is 3.07. The largest absolute Gasteiger partial charge is 0.317 e. The van der Waals surface area contributed by atoms with Crippen LogP contribution in [0.1, 0.15) is 12.7 Å². The number of fused-ring (bicyclic) bond motifs is 1. The van der Waals surface area contributed by atoms with Crippen molar-refractivity contribution in [3.63, 3.8) is 0 Å². The Balaban J connectivity index is 2.33. The molecule has 0 saturated heterocycles. The van der Waals surface area contributed by atoms with Crippen molar-refractivity contribution in [2.24, 2.45) is 0 Å². The SMILES string of the molecule is CNC(C)Cc1ncc2cc(Br)ccc2n1. The molecule has 0 amide bonds. The normalized spacial score (nSPS) is 12.9. The van der Waals surface area contributed by atoms with Crippen LogP contribution in [0.3, 0.4) is 0 Å². The number of hydrogen-bond acceptors (Lipinski definition) is 3. The van der Waals surface area contributed by atoms with Crippen LogP contribution in [0.5, 0.6) is 0 Å². The van der Waals surface area contributed by atoms with Gasteiger partial charge in [0.15, 0.2) is 0 Å². The average molecular weight is 280 g/mol. The van der Waals surface area contributed by atoms with Gasteiger partial charge >= 0.3 is 0 Å². The molecule has 16 heavy (non-hydrogen) atoms. The number of likely N-dealkylation sites (N-methyl/N-ethyl adjacent to an activating group) is 1. The molecule has 3 nitrogen and oxygen atoms in total. The van der Waals surface area contributed by atoms with Crippen LogP contribution in [0.4, 0.5) is 0 Å². The Morgan fingerprint density at radius 2 is 2.25 bits per heavy atom. The maximum atomic E-state index is 4.53. The maximum Gasteiger partial charge on any atom is 0.130 e. The van der Waals surface area contributed by atoms with E-state index in [-0.39, 0.29) is 0 Å². The van der Waals surface area contributed by atoms with Crippen molar-refractivity contribution >= 4 is 26.8 Å². The van der Waals surface area contributed by atoms with Gasteiger partial charge in [-0.2, -0.15) is 0 Å². The van der Waals surface area contributed by atoms with Gasteiger partial charge in [0, 0.05) is 28.5 Å². The Morgan fingerprint density at radius 3 is 3.00 bits per heavy atom. The summed E-state index contributed by atoms with van der Waals surface area (Å²) in [7, 11) is 1.95. The van der Waals surface area contributed by atoms with E-state index < -0.39 is 0 Å². The molecule has 0 radical (unpaired) electrons. The molecule has 1 heterocycles. The van der Waals surface area contributed by atoms with Crippen LogP contribution in [-0.4, -0.2) is 23.1 Å². The minimum absolute atomic E-state index is 0.396. The van der Waals surface area contributed by atoms with Crippen molar-refractivity contribution in [1.82, 2.24) is 15.3 Å². The highest BCUT2D eigenvalue weighted by Gasteiger charge is 2.04. The number of nitrogens with one attached hydrogen (secondary N) is 1. The molecule has 0 aliphatic carbocycles. The Hall–Kier alpha value is -1.00. The van der Waals surface area contributed by atoms with E-state index in [9.17, 15) is 0 Å². The van der Waals surface area contributed by atoms with E-state index in [2.05, 4.69) is 38.1 Å². The first-order chi connectivity index (χ1) is 7.69. The Bertz CT molecular complexity index is 499. The predicted octanol–water partition coefficient (Wildman–Crippen LogP) is 2.54. The average Bonchev–Trinajstić information content (AvgIpc) is 2.29. The van der Waals surface area contributed by atoms with Crippen LogP contribution in [0.15, 0.2) is 28.9 Å². The van der Waals surface area contributed by atoms with E-state index in [1.54, 1.807) is 0 Å². The fourth-order valence-corrected chi connectivity index (χ4v) is 1.90. The highest BCUT2D eigenvalue weighted by atomic mass is 79.9. The highest BCUT2D eigenvalue weighted by Crippen LogP contribution is 2.17. The van der Waals surface area contributed by atoms with E-state index in [0.717, 1.165) is 27.6 Å². The number of nitrogens with zero attached hydrogens (tertiary/aromatic N) is 2. The first kappa shape index (κ1) is 11.5. The van der Waals surface area contributed by atoms with Crippen LogP contribution in [0.25, 0.3) is 10.9 Å².